The average Bonchev–Trinajstić information content (AvgIpc) is 3.27. The molecule has 2 aliphatic heterocycles. The average molecular weight is 414 g/mol. The third-order valence-corrected chi connectivity index (χ3v) is 6.71. The molecule has 7 nitrogen and oxygen atoms in total. The maximum Gasteiger partial charge on any atom is 0.289 e. The summed E-state index contributed by atoms with van der Waals surface area (Å²) in [6.45, 7) is 2.81. The van der Waals surface area contributed by atoms with E-state index in [1.807, 2.05) is 23.1 Å². The summed E-state index contributed by atoms with van der Waals surface area (Å²) in [4.78, 5) is 31.4. The van der Waals surface area contributed by atoms with Crippen molar-refractivity contribution in [2.24, 2.45) is 0 Å². The van der Waals surface area contributed by atoms with Crippen molar-refractivity contribution in [1.82, 2.24) is 14.7 Å². The molecule has 2 aromatic rings. The van der Waals surface area contributed by atoms with Crippen LogP contribution in [0.5, 0.6) is 5.75 Å². The van der Waals surface area contributed by atoms with Gasteiger partial charge in [-0.3, -0.25) is 14.5 Å². The van der Waals surface area contributed by atoms with E-state index in [4.69, 9.17) is 9.15 Å². The Morgan fingerprint density at radius 2 is 1.90 bits per heavy atom. The van der Waals surface area contributed by atoms with Gasteiger partial charge in [-0.05, 0) is 50.8 Å². The topological polar surface area (TPSA) is 66.2 Å². The van der Waals surface area contributed by atoms with Gasteiger partial charge in [0.1, 0.15) is 0 Å². The zero-order valence-corrected chi connectivity index (χ0v) is 18.1. The number of amides is 2. The molecular weight excluding hydrogens is 382 g/mol. The molecule has 0 aliphatic carbocycles. The molecule has 1 spiro atoms. The van der Waals surface area contributed by atoms with Crippen LogP contribution in [0.25, 0.3) is 11.0 Å². The van der Waals surface area contributed by atoms with Crippen LogP contribution >= 0.6 is 0 Å². The number of likely N-dealkylation sites (N-methyl/N-ethyl adjacent to an activating group) is 1. The van der Waals surface area contributed by atoms with E-state index in [0.717, 1.165) is 44.0 Å². The third kappa shape index (κ3) is 3.78. The predicted molar refractivity (Wildman–Crippen MR) is 115 cm³/mol. The van der Waals surface area contributed by atoms with Gasteiger partial charge in [0.15, 0.2) is 17.1 Å². The quantitative estimate of drug-likeness (QED) is 0.771. The second-order valence-electron chi connectivity index (χ2n) is 8.67. The van der Waals surface area contributed by atoms with E-state index in [1.54, 1.807) is 32.2 Å². The highest BCUT2D eigenvalue weighted by Gasteiger charge is 2.43. The van der Waals surface area contributed by atoms with Crippen molar-refractivity contribution < 1.29 is 18.7 Å². The number of methoxy groups -OCH3 is 1. The fourth-order valence-corrected chi connectivity index (χ4v) is 4.95. The zero-order valence-electron chi connectivity index (χ0n) is 18.1. The summed E-state index contributed by atoms with van der Waals surface area (Å²) in [5.74, 6) is 1.06. The Bertz CT molecular complexity index is 938. The van der Waals surface area contributed by atoms with Crippen molar-refractivity contribution in [2.75, 3.05) is 47.4 Å². The molecule has 2 amide bonds. The molecule has 162 valence electrons. The van der Waals surface area contributed by atoms with Crippen molar-refractivity contribution in [1.29, 1.82) is 0 Å². The van der Waals surface area contributed by atoms with Gasteiger partial charge in [-0.1, -0.05) is 12.1 Å². The zero-order chi connectivity index (χ0) is 21.3. The first-order chi connectivity index (χ1) is 14.4. The van der Waals surface area contributed by atoms with Crippen LogP contribution in [0.1, 0.15) is 42.7 Å². The Hall–Kier alpha value is -2.54. The van der Waals surface area contributed by atoms with E-state index in [2.05, 4.69) is 4.90 Å². The van der Waals surface area contributed by atoms with Crippen LogP contribution in [0.4, 0.5) is 0 Å². The molecule has 0 unspecified atom stereocenters. The summed E-state index contributed by atoms with van der Waals surface area (Å²) < 4.78 is 11.2. The molecule has 1 atom stereocenters. The van der Waals surface area contributed by atoms with Crippen LogP contribution in [0.3, 0.4) is 0 Å². The van der Waals surface area contributed by atoms with Crippen LogP contribution in [-0.2, 0) is 4.79 Å². The lowest BCUT2D eigenvalue weighted by atomic mass is 9.87. The van der Waals surface area contributed by atoms with Gasteiger partial charge >= 0.3 is 0 Å². The van der Waals surface area contributed by atoms with E-state index in [-0.39, 0.29) is 17.4 Å². The number of ether oxygens (including phenoxy) is 1. The number of carbonyl (C=O) groups excluding carboxylic acids is 2. The first-order valence-corrected chi connectivity index (χ1v) is 10.7. The number of nitrogens with zero attached hydrogens (tertiary/aromatic N) is 3. The lowest BCUT2D eigenvalue weighted by Gasteiger charge is -2.38. The molecule has 2 fully saturated rings. The predicted octanol–water partition coefficient (Wildman–Crippen LogP) is 2.99. The second kappa shape index (κ2) is 8.30. The van der Waals surface area contributed by atoms with Gasteiger partial charge in [0, 0.05) is 38.1 Å². The molecule has 1 aromatic heterocycles. The van der Waals surface area contributed by atoms with E-state index in [9.17, 15) is 9.59 Å². The summed E-state index contributed by atoms with van der Waals surface area (Å²) in [5, 5.41) is 0.869. The molecule has 0 N–H and O–H groups in total. The van der Waals surface area contributed by atoms with Gasteiger partial charge in [-0.15, -0.1) is 0 Å². The molecule has 2 saturated heterocycles. The van der Waals surface area contributed by atoms with Gasteiger partial charge in [0.2, 0.25) is 5.91 Å². The lowest BCUT2D eigenvalue weighted by Crippen LogP contribution is -2.48. The second-order valence-corrected chi connectivity index (χ2v) is 8.67. The van der Waals surface area contributed by atoms with E-state index >= 15 is 0 Å². The number of benzene rings is 1. The van der Waals surface area contributed by atoms with Gasteiger partial charge in [-0.2, -0.15) is 0 Å². The molecule has 0 saturated carbocycles. The molecule has 30 heavy (non-hydrogen) atoms. The fraction of sp³-hybridized carbons (Fsp3) is 0.565. The number of likely N-dealkylation sites (tertiary alicyclic amines) is 2. The highest BCUT2D eigenvalue weighted by atomic mass is 16.5. The monoisotopic (exact) mass is 413 g/mol. The van der Waals surface area contributed by atoms with Crippen molar-refractivity contribution in [3.05, 3.63) is 30.0 Å². The minimum atomic E-state index is -0.0702. The smallest absolute Gasteiger partial charge is 0.289 e. The summed E-state index contributed by atoms with van der Waals surface area (Å²) >= 11 is 0. The van der Waals surface area contributed by atoms with Crippen LogP contribution in [0.15, 0.2) is 28.7 Å². The first kappa shape index (κ1) is 20.7. The van der Waals surface area contributed by atoms with Crippen molar-refractivity contribution >= 4 is 22.8 Å². The molecule has 7 heteroatoms. The first-order valence-electron chi connectivity index (χ1n) is 10.7. The maximum atomic E-state index is 13.2. The van der Waals surface area contributed by atoms with Crippen molar-refractivity contribution in [3.8, 4) is 5.75 Å². The highest BCUT2D eigenvalue weighted by molar-refractivity contribution is 5.97. The summed E-state index contributed by atoms with van der Waals surface area (Å²) in [5.41, 5.74) is 0.636. The molecule has 3 heterocycles. The SMILES string of the molecule is COc1cccc2cc(C(=O)N3CCC[C@@]4(CCCN4CC(=O)N(C)C)CC3)oc12. The molecule has 4 rings (SSSR count). The number of para-hydroxylation sites is 1. The summed E-state index contributed by atoms with van der Waals surface area (Å²) in [6, 6.07) is 7.45. The summed E-state index contributed by atoms with van der Waals surface area (Å²) in [7, 11) is 5.21. The maximum absolute atomic E-state index is 13.2. The molecule has 0 radical (unpaired) electrons. The van der Waals surface area contributed by atoms with Crippen LogP contribution in [-0.4, -0.2) is 79.4 Å². The number of rotatable bonds is 4. The van der Waals surface area contributed by atoms with Gasteiger partial charge in [0.25, 0.3) is 5.91 Å². The van der Waals surface area contributed by atoms with E-state index in [1.165, 1.54) is 0 Å². The fourth-order valence-electron chi connectivity index (χ4n) is 4.95. The Morgan fingerprint density at radius 1 is 1.13 bits per heavy atom. The molecule has 2 aliphatic rings. The Kier molecular flexibility index (Phi) is 5.73. The third-order valence-electron chi connectivity index (χ3n) is 6.71. The summed E-state index contributed by atoms with van der Waals surface area (Å²) in [6.07, 6.45) is 5.05. The molecular formula is C23H31N3O4. The molecule has 0 bridgehead atoms. The van der Waals surface area contributed by atoms with Crippen molar-refractivity contribution in [2.45, 2.75) is 37.6 Å². The van der Waals surface area contributed by atoms with E-state index in [0.29, 0.717) is 36.7 Å². The number of carbonyl (C=O) groups is 2. The minimum absolute atomic E-state index is 0.0256. The largest absolute Gasteiger partial charge is 0.493 e. The van der Waals surface area contributed by atoms with Crippen LogP contribution in [0, 0.1) is 0 Å². The van der Waals surface area contributed by atoms with Crippen molar-refractivity contribution in [3.63, 3.8) is 0 Å². The number of fused-ring (bicyclic) bond motifs is 1. The normalized spacial score (nSPS) is 22.4. The number of hydrogen-bond donors (Lipinski definition) is 0. The van der Waals surface area contributed by atoms with Gasteiger partial charge in [0.05, 0.1) is 13.7 Å². The van der Waals surface area contributed by atoms with Crippen LogP contribution in [0.2, 0.25) is 0 Å². The van der Waals surface area contributed by atoms with Gasteiger partial charge < -0.3 is 19.0 Å². The Morgan fingerprint density at radius 3 is 2.63 bits per heavy atom. The number of hydrogen-bond acceptors (Lipinski definition) is 5. The van der Waals surface area contributed by atoms with Gasteiger partial charge in [-0.25, -0.2) is 0 Å². The number of furan rings is 1. The van der Waals surface area contributed by atoms with Crippen LogP contribution < -0.4 is 4.74 Å². The van der Waals surface area contributed by atoms with E-state index < -0.39 is 0 Å². The highest BCUT2D eigenvalue weighted by Crippen LogP contribution is 2.38. The Labute approximate surface area is 177 Å². The lowest BCUT2D eigenvalue weighted by molar-refractivity contribution is -0.131. The molecule has 1 aromatic carbocycles. The Balaban J connectivity index is 1.49. The standard InChI is InChI=1S/C23H31N3O4/c1-24(2)20(27)16-26-13-6-10-23(26)9-5-12-25(14-11-23)22(28)19-15-17-7-4-8-18(29-3)21(17)30-19/h4,7-8,15H,5-6,9-14,16H2,1-3H3/t23-/m1/s1. The minimum Gasteiger partial charge on any atom is -0.493 e.